The monoisotopic (exact) mass is 297 g/mol. The molecule has 1 heterocycles. The second-order valence-electron chi connectivity index (χ2n) is 6.33. The van der Waals surface area contributed by atoms with Crippen molar-refractivity contribution in [2.24, 2.45) is 11.8 Å². The summed E-state index contributed by atoms with van der Waals surface area (Å²) in [5.74, 6) is 0.246. The molecule has 1 aromatic rings. The lowest BCUT2D eigenvalue weighted by Gasteiger charge is -2.32. The van der Waals surface area contributed by atoms with Gasteiger partial charge in [-0.15, -0.1) is 0 Å². The minimum absolute atomic E-state index is 0.123. The molecular weight excluding hydrogens is 272 g/mol. The predicted octanol–water partition coefficient (Wildman–Crippen LogP) is 4.42. The summed E-state index contributed by atoms with van der Waals surface area (Å²) in [7, 11) is 0. The summed E-state index contributed by atoms with van der Waals surface area (Å²) >= 11 is 0. The average Bonchev–Trinajstić information content (AvgIpc) is 2.39. The number of pyridine rings is 1. The Balaban J connectivity index is 2.11. The average molecular weight is 297 g/mol. The van der Waals surface area contributed by atoms with Crippen LogP contribution in [0.2, 0.25) is 0 Å². The van der Waals surface area contributed by atoms with Crippen LogP contribution >= 0.6 is 0 Å². The molecule has 3 nitrogen and oxygen atoms in total. The van der Waals surface area contributed by atoms with Crippen molar-refractivity contribution < 1.29 is 8.78 Å². The zero-order chi connectivity index (χ0) is 15.4. The third kappa shape index (κ3) is 4.29. The molecule has 1 aromatic heterocycles. The van der Waals surface area contributed by atoms with E-state index in [9.17, 15) is 8.78 Å². The Hall–Kier alpha value is -1.39. The topological polar surface area (TPSA) is 37.0 Å². The molecule has 0 aromatic carbocycles. The highest BCUT2D eigenvalue weighted by Gasteiger charge is 2.25. The van der Waals surface area contributed by atoms with Crippen LogP contribution < -0.4 is 10.6 Å². The van der Waals surface area contributed by atoms with E-state index in [0.29, 0.717) is 18.4 Å². The molecule has 0 spiro atoms. The molecule has 21 heavy (non-hydrogen) atoms. The Morgan fingerprint density at radius 3 is 2.33 bits per heavy atom. The van der Waals surface area contributed by atoms with Crippen LogP contribution in [0.4, 0.5) is 20.4 Å². The standard InChI is InChI=1S/C16H25F2N3/c1-4-5-19-15-13(17)9-14(18)16(21-15)20-12-7-10(2)6-11(3)8-12/h9-12H,4-8H2,1-3H3,(H2,19,20,21). The molecule has 0 radical (unpaired) electrons. The number of rotatable bonds is 5. The molecule has 2 N–H and O–H groups in total. The van der Waals surface area contributed by atoms with Gasteiger partial charge in [-0.3, -0.25) is 0 Å². The third-order valence-electron chi connectivity index (χ3n) is 3.99. The van der Waals surface area contributed by atoms with Gasteiger partial charge in [0.2, 0.25) is 0 Å². The van der Waals surface area contributed by atoms with E-state index in [0.717, 1.165) is 25.3 Å². The Labute approximate surface area is 125 Å². The number of nitrogens with zero attached hydrogens (tertiary/aromatic N) is 1. The molecule has 2 unspecified atom stereocenters. The predicted molar refractivity (Wildman–Crippen MR) is 82.5 cm³/mol. The molecular formula is C16H25F2N3. The van der Waals surface area contributed by atoms with Gasteiger partial charge in [0.05, 0.1) is 0 Å². The van der Waals surface area contributed by atoms with Gasteiger partial charge in [-0.05, 0) is 37.5 Å². The smallest absolute Gasteiger partial charge is 0.168 e. The first kappa shape index (κ1) is 16.0. The van der Waals surface area contributed by atoms with Crippen molar-refractivity contribution in [1.29, 1.82) is 0 Å². The van der Waals surface area contributed by atoms with E-state index in [2.05, 4.69) is 29.5 Å². The van der Waals surface area contributed by atoms with E-state index in [4.69, 9.17) is 0 Å². The number of hydrogen-bond donors (Lipinski definition) is 2. The van der Waals surface area contributed by atoms with Crippen molar-refractivity contribution in [2.45, 2.75) is 52.5 Å². The Morgan fingerprint density at radius 2 is 1.71 bits per heavy atom. The molecule has 2 rings (SSSR count). The summed E-state index contributed by atoms with van der Waals surface area (Å²) in [5.41, 5.74) is 0. The van der Waals surface area contributed by atoms with Crippen molar-refractivity contribution in [1.82, 2.24) is 4.98 Å². The minimum Gasteiger partial charge on any atom is -0.368 e. The fourth-order valence-electron chi connectivity index (χ4n) is 3.19. The number of nitrogens with one attached hydrogen (secondary N) is 2. The minimum atomic E-state index is -0.642. The van der Waals surface area contributed by atoms with Crippen LogP contribution in [0, 0.1) is 23.5 Å². The second kappa shape index (κ2) is 7.05. The maximum Gasteiger partial charge on any atom is 0.168 e. The van der Waals surface area contributed by atoms with Gasteiger partial charge in [0, 0.05) is 18.7 Å². The van der Waals surface area contributed by atoms with Gasteiger partial charge in [-0.1, -0.05) is 20.8 Å². The summed E-state index contributed by atoms with van der Waals surface area (Å²) < 4.78 is 27.6. The molecule has 5 heteroatoms. The zero-order valence-corrected chi connectivity index (χ0v) is 13.0. The van der Waals surface area contributed by atoms with Crippen LogP contribution in [0.15, 0.2) is 6.07 Å². The summed E-state index contributed by atoms with van der Waals surface area (Å²) in [6, 6.07) is 1.11. The highest BCUT2D eigenvalue weighted by Crippen LogP contribution is 2.31. The second-order valence-corrected chi connectivity index (χ2v) is 6.33. The van der Waals surface area contributed by atoms with Crippen LogP contribution in [0.1, 0.15) is 46.5 Å². The molecule has 118 valence electrons. The highest BCUT2D eigenvalue weighted by molar-refractivity contribution is 5.48. The molecule has 1 aliphatic rings. The number of aromatic nitrogens is 1. The summed E-state index contributed by atoms with van der Waals surface area (Å²) in [6.45, 7) is 7.03. The van der Waals surface area contributed by atoms with E-state index >= 15 is 0 Å². The fourth-order valence-corrected chi connectivity index (χ4v) is 3.19. The van der Waals surface area contributed by atoms with Crippen molar-refractivity contribution in [3.63, 3.8) is 0 Å². The first-order valence-corrected chi connectivity index (χ1v) is 7.86. The first-order chi connectivity index (χ1) is 9.99. The van der Waals surface area contributed by atoms with Gasteiger partial charge < -0.3 is 10.6 Å². The Kier molecular flexibility index (Phi) is 5.37. The van der Waals surface area contributed by atoms with E-state index in [1.165, 1.54) is 6.42 Å². The number of halogens is 2. The SMILES string of the molecule is CCCNc1nc(NC2CC(C)CC(C)C2)c(F)cc1F. The molecule has 0 bridgehead atoms. The van der Waals surface area contributed by atoms with Crippen molar-refractivity contribution >= 4 is 11.6 Å². The maximum atomic E-state index is 13.9. The van der Waals surface area contributed by atoms with Gasteiger partial charge >= 0.3 is 0 Å². The van der Waals surface area contributed by atoms with Gasteiger partial charge in [-0.2, -0.15) is 0 Å². The number of anilines is 2. The largest absolute Gasteiger partial charge is 0.368 e. The Bertz CT molecular complexity index is 469. The first-order valence-electron chi connectivity index (χ1n) is 7.86. The van der Waals surface area contributed by atoms with Crippen LogP contribution in [0.25, 0.3) is 0 Å². The van der Waals surface area contributed by atoms with Gasteiger partial charge in [0.25, 0.3) is 0 Å². The molecule has 0 saturated heterocycles. The van der Waals surface area contributed by atoms with Crippen molar-refractivity contribution in [2.75, 3.05) is 17.2 Å². The van der Waals surface area contributed by atoms with Crippen LogP contribution in [0.3, 0.4) is 0 Å². The summed E-state index contributed by atoms with van der Waals surface area (Å²) in [6.07, 6.45) is 4.07. The lowest BCUT2D eigenvalue weighted by atomic mass is 9.80. The van der Waals surface area contributed by atoms with Crippen LogP contribution in [0.5, 0.6) is 0 Å². The molecule has 2 atom stereocenters. The van der Waals surface area contributed by atoms with Crippen LogP contribution in [-0.2, 0) is 0 Å². The maximum absolute atomic E-state index is 13.9. The van der Waals surface area contributed by atoms with Gasteiger partial charge in [0.1, 0.15) is 0 Å². The highest BCUT2D eigenvalue weighted by atomic mass is 19.1. The molecule has 1 aliphatic carbocycles. The van der Waals surface area contributed by atoms with Crippen LogP contribution in [-0.4, -0.2) is 17.6 Å². The zero-order valence-electron chi connectivity index (χ0n) is 13.0. The Morgan fingerprint density at radius 1 is 1.10 bits per heavy atom. The fraction of sp³-hybridized carbons (Fsp3) is 0.688. The molecule has 0 aliphatic heterocycles. The van der Waals surface area contributed by atoms with Crippen molar-refractivity contribution in [3.05, 3.63) is 17.7 Å². The van der Waals surface area contributed by atoms with Gasteiger partial charge in [0.15, 0.2) is 23.3 Å². The third-order valence-corrected chi connectivity index (χ3v) is 3.99. The lowest BCUT2D eigenvalue weighted by Crippen LogP contribution is -2.31. The van der Waals surface area contributed by atoms with E-state index in [1.54, 1.807) is 0 Å². The van der Waals surface area contributed by atoms with E-state index in [1.807, 2.05) is 6.92 Å². The molecule has 1 fully saturated rings. The normalized spacial score (nSPS) is 25.7. The number of hydrogen-bond acceptors (Lipinski definition) is 3. The van der Waals surface area contributed by atoms with E-state index in [-0.39, 0.29) is 17.7 Å². The van der Waals surface area contributed by atoms with E-state index < -0.39 is 11.6 Å². The molecule has 1 saturated carbocycles. The summed E-state index contributed by atoms with van der Waals surface area (Å²) in [4.78, 5) is 4.08. The van der Waals surface area contributed by atoms with Crippen molar-refractivity contribution in [3.8, 4) is 0 Å². The molecule has 0 amide bonds. The summed E-state index contributed by atoms with van der Waals surface area (Å²) in [5, 5.41) is 6.05. The lowest BCUT2D eigenvalue weighted by molar-refractivity contribution is 0.280. The van der Waals surface area contributed by atoms with Gasteiger partial charge in [-0.25, -0.2) is 13.8 Å². The quantitative estimate of drug-likeness (QED) is 0.845.